The van der Waals surface area contributed by atoms with E-state index in [4.69, 9.17) is 5.11 Å². The fourth-order valence-electron chi connectivity index (χ4n) is 1.82. The molecule has 0 bridgehead atoms. The van der Waals surface area contributed by atoms with Crippen LogP contribution in [0.15, 0.2) is 42.7 Å². The lowest BCUT2D eigenvalue weighted by atomic mass is 10.1. The van der Waals surface area contributed by atoms with E-state index in [1.165, 1.54) is 17.0 Å². The fourth-order valence-corrected chi connectivity index (χ4v) is 1.82. The number of hydrogen-bond donors (Lipinski definition) is 1. The maximum absolute atomic E-state index is 12.7. The van der Waals surface area contributed by atoms with Gasteiger partial charge in [-0.15, -0.1) is 0 Å². The van der Waals surface area contributed by atoms with Crippen LogP contribution in [0.3, 0.4) is 0 Å². The van der Waals surface area contributed by atoms with E-state index in [1.807, 2.05) is 0 Å². The van der Waals surface area contributed by atoms with Gasteiger partial charge in [-0.1, -0.05) is 30.3 Å². The molecule has 1 aromatic heterocycles. The number of nitrogens with zero attached hydrogens (tertiary/aromatic N) is 2. The van der Waals surface area contributed by atoms with Gasteiger partial charge in [0.25, 0.3) is 0 Å². The Kier molecular flexibility index (Phi) is 3.78. The Balaban J connectivity index is 2.31. The summed E-state index contributed by atoms with van der Waals surface area (Å²) in [6.45, 7) is -0.705. The Bertz CT molecular complexity index is 593. The Morgan fingerprint density at radius 1 is 1.30 bits per heavy atom. The van der Waals surface area contributed by atoms with Gasteiger partial charge in [0.1, 0.15) is 5.82 Å². The highest BCUT2D eigenvalue weighted by atomic mass is 19.4. The van der Waals surface area contributed by atoms with Gasteiger partial charge in [0, 0.05) is 24.5 Å². The number of carboxylic acid groups (broad SMARTS) is 1. The SMILES string of the molecule is O=C(O)C(Cn1ccnc1-c1ccccc1)C(F)(F)F. The topological polar surface area (TPSA) is 55.1 Å². The van der Waals surface area contributed by atoms with Crippen molar-refractivity contribution < 1.29 is 23.1 Å². The van der Waals surface area contributed by atoms with Gasteiger partial charge < -0.3 is 9.67 Å². The molecule has 20 heavy (non-hydrogen) atoms. The van der Waals surface area contributed by atoms with Crippen LogP contribution in [0.4, 0.5) is 13.2 Å². The smallest absolute Gasteiger partial charge is 0.403 e. The van der Waals surface area contributed by atoms with Crippen molar-refractivity contribution in [3.8, 4) is 11.4 Å². The zero-order valence-corrected chi connectivity index (χ0v) is 10.2. The highest BCUT2D eigenvalue weighted by Crippen LogP contribution is 2.29. The molecular formula is C13H11F3N2O2. The lowest BCUT2D eigenvalue weighted by molar-refractivity contribution is -0.195. The second kappa shape index (κ2) is 5.36. The lowest BCUT2D eigenvalue weighted by Gasteiger charge is -2.17. The summed E-state index contributed by atoms with van der Waals surface area (Å²) in [6.07, 6.45) is -2.12. The van der Waals surface area contributed by atoms with E-state index in [-0.39, 0.29) is 0 Å². The first-order valence-electron chi connectivity index (χ1n) is 5.75. The summed E-state index contributed by atoms with van der Waals surface area (Å²) in [5.41, 5.74) is 0.629. The number of aliphatic carboxylic acids is 1. The van der Waals surface area contributed by atoms with Crippen LogP contribution in [0.25, 0.3) is 11.4 Å². The molecule has 0 saturated carbocycles. The second-order valence-electron chi connectivity index (χ2n) is 4.20. The first kappa shape index (κ1) is 14.1. The van der Waals surface area contributed by atoms with Crippen LogP contribution in [0.2, 0.25) is 0 Å². The average Bonchev–Trinajstić information content (AvgIpc) is 2.83. The molecule has 0 aliphatic heterocycles. The number of carbonyl (C=O) groups is 1. The molecule has 0 spiro atoms. The van der Waals surface area contributed by atoms with Crippen molar-refractivity contribution in [2.24, 2.45) is 5.92 Å². The standard InChI is InChI=1S/C13H11F3N2O2/c14-13(15,16)10(12(19)20)8-18-7-6-17-11(18)9-4-2-1-3-5-9/h1-7,10H,8H2,(H,19,20). The molecule has 106 valence electrons. The average molecular weight is 284 g/mol. The molecule has 0 aliphatic carbocycles. The number of hydrogen-bond acceptors (Lipinski definition) is 2. The zero-order chi connectivity index (χ0) is 14.8. The number of alkyl halides is 3. The Morgan fingerprint density at radius 3 is 2.50 bits per heavy atom. The van der Waals surface area contributed by atoms with Gasteiger partial charge in [0.15, 0.2) is 5.92 Å². The van der Waals surface area contributed by atoms with Crippen LogP contribution >= 0.6 is 0 Å². The minimum Gasteiger partial charge on any atom is -0.481 e. The van der Waals surface area contributed by atoms with Crippen LogP contribution in [0, 0.1) is 5.92 Å². The number of carboxylic acids is 1. The van der Waals surface area contributed by atoms with Gasteiger partial charge in [0.2, 0.25) is 0 Å². The number of imidazole rings is 1. The predicted octanol–water partition coefficient (Wildman–Crippen LogP) is 2.81. The summed E-state index contributed by atoms with van der Waals surface area (Å²) in [5, 5.41) is 8.72. The van der Waals surface area contributed by atoms with Crippen molar-refractivity contribution in [3.63, 3.8) is 0 Å². The van der Waals surface area contributed by atoms with Gasteiger partial charge in [-0.3, -0.25) is 4.79 Å². The quantitative estimate of drug-likeness (QED) is 0.939. The van der Waals surface area contributed by atoms with Gasteiger partial charge >= 0.3 is 12.1 Å². The molecule has 0 fully saturated rings. The van der Waals surface area contributed by atoms with Crippen LogP contribution in [-0.2, 0) is 11.3 Å². The molecule has 7 heteroatoms. The van der Waals surface area contributed by atoms with Gasteiger partial charge in [-0.05, 0) is 0 Å². The summed E-state index contributed by atoms with van der Waals surface area (Å²) in [7, 11) is 0. The van der Waals surface area contributed by atoms with Crippen LogP contribution < -0.4 is 0 Å². The van der Waals surface area contributed by atoms with E-state index in [1.54, 1.807) is 30.3 Å². The molecule has 2 rings (SSSR count). The maximum atomic E-state index is 12.7. The Hall–Kier alpha value is -2.31. The van der Waals surface area contributed by atoms with Crippen LogP contribution in [-0.4, -0.2) is 26.8 Å². The molecule has 1 unspecified atom stereocenters. The highest BCUT2D eigenvalue weighted by molar-refractivity contribution is 5.71. The molecule has 2 aromatic rings. The molecule has 1 N–H and O–H groups in total. The number of rotatable bonds is 4. The van der Waals surface area contributed by atoms with Crippen molar-refractivity contribution in [1.29, 1.82) is 0 Å². The zero-order valence-electron chi connectivity index (χ0n) is 10.2. The van der Waals surface area contributed by atoms with E-state index < -0.39 is 24.6 Å². The van der Waals surface area contributed by atoms with E-state index in [2.05, 4.69) is 4.98 Å². The van der Waals surface area contributed by atoms with E-state index in [0.717, 1.165) is 0 Å². The maximum Gasteiger partial charge on any atom is 0.403 e. The number of benzene rings is 1. The number of halogens is 3. The van der Waals surface area contributed by atoms with Crippen molar-refractivity contribution in [2.45, 2.75) is 12.7 Å². The highest BCUT2D eigenvalue weighted by Gasteiger charge is 2.45. The first-order chi connectivity index (χ1) is 9.39. The molecule has 0 radical (unpaired) electrons. The van der Waals surface area contributed by atoms with Crippen molar-refractivity contribution in [3.05, 3.63) is 42.7 Å². The summed E-state index contributed by atoms with van der Waals surface area (Å²) in [4.78, 5) is 14.8. The van der Waals surface area contributed by atoms with Crippen LogP contribution in [0.5, 0.6) is 0 Å². The molecule has 1 heterocycles. The van der Waals surface area contributed by atoms with Crippen molar-refractivity contribution in [2.75, 3.05) is 0 Å². The van der Waals surface area contributed by atoms with Gasteiger partial charge in [-0.2, -0.15) is 13.2 Å². The summed E-state index contributed by atoms with van der Waals surface area (Å²) in [6, 6.07) is 8.62. The molecule has 4 nitrogen and oxygen atoms in total. The van der Waals surface area contributed by atoms with Gasteiger partial charge in [-0.25, -0.2) is 4.98 Å². The second-order valence-corrected chi connectivity index (χ2v) is 4.20. The molecule has 0 aliphatic rings. The summed E-state index contributed by atoms with van der Waals surface area (Å²) >= 11 is 0. The fraction of sp³-hybridized carbons (Fsp3) is 0.231. The largest absolute Gasteiger partial charge is 0.481 e. The normalized spacial score (nSPS) is 13.2. The van der Waals surface area contributed by atoms with Crippen molar-refractivity contribution >= 4 is 5.97 Å². The minimum absolute atomic E-state index is 0.307. The number of aromatic nitrogens is 2. The third-order valence-electron chi connectivity index (χ3n) is 2.82. The van der Waals surface area contributed by atoms with E-state index in [9.17, 15) is 18.0 Å². The predicted molar refractivity (Wildman–Crippen MR) is 64.8 cm³/mol. The molecular weight excluding hydrogens is 273 g/mol. The monoisotopic (exact) mass is 284 g/mol. The van der Waals surface area contributed by atoms with Crippen molar-refractivity contribution in [1.82, 2.24) is 9.55 Å². The van der Waals surface area contributed by atoms with Gasteiger partial charge in [0.05, 0.1) is 0 Å². The summed E-state index contributed by atoms with van der Waals surface area (Å²) in [5.74, 6) is -4.05. The first-order valence-corrected chi connectivity index (χ1v) is 5.75. The summed E-state index contributed by atoms with van der Waals surface area (Å²) < 4.78 is 39.2. The minimum atomic E-state index is -4.80. The van der Waals surface area contributed by atoms with Crippen LogP contribution in [0.1, 0.15) is 0 Å². The van der Waals surface area contributed by atoms with E-state index >= 15 is 0 Å². The molecule has 1 aromatic carbocycles. The molecule has 1 atom stereocenters. The third kappa shape index (κ3) is 2.98. The molecule has 0 amide bonds. The Morgan fingerprint density at radius 2 is 1.95 bits per heavy atom. The molecule has 0 saturated heterocycles. The van der Waals surface area contributed by atoms with E-state index in [0.29, 0.717) is 11.4 Å². The Labute approximate surface area is 112 Å². The third-order valence-corrected chi connectivity index (χ3v) is 2.82. The lowest BCUT2D eigenvalue weighted by Crippen LogP contribution is -2.34.